The number of carbonyl (C=O) groups is 2. The van der Waals surface area contributed by atoms with E-state index in [1.54, 1.807) is 35.4 Å². The van der Waals surface area contributed by atoms with Gasteiger partial charge in [-0.15, -0.1) is 5.10 Å². The summed E-state index contributed by atoms with van der Waals surface area (Å²) in [7, 11) is 0. The lowest BCUT2D eigenvalue weighted by Crippen LogP contribution is -2.30. The molecule has 0 atom stereocenters. The van der Waals surface area contributed by atoms with Gasteiger partial charge >= 0.3 is 5.97 Å². The molecule has 8 heteroatoms. The Morgan fingerprint density at radius 2 is 2.00 bits per heavy atom. The van der Waals surface area contributed by atoms with Gasteiger partial charge in [0.15, 0.2) is 6.61 Å². The van der Waals surface area contributed by atoms with E-state index < -0.39 is 12.6 Å². The van der Waals surface area contributed by atoms with Gasteiger partial charge in [-0.25, -0.2) is 9.48 Å². The Bertz CT molecular complexity index is 711. The summed E-state index contributed by atoms with van der Waals surface area (Å²) < 4.78 is 6.87. The third-order valence-electron chi connectivity index (χ3n) is 3.60. The molecular formula is C15H16N4O4. The highest BCUT2D eigenvalue weighted by Gasteiger charge is 2.21. The van der Waals surface area contributed by atoms with Crippen molar-refractivity contribution < 1.29 is 19.4 Å². The number of amides is 1. The quantitative estimate of drug-likeness (QED) is 0.895. The summed E-state index contributed by atoms with van der Waals surface area (Å²) in [4.78, 5) is 24.8. The van der Waals surface area contributed by atoms with Gasteiger partial charge in [-0.1, -0.05) is 5.21 Å². The largest absolute Gasteiger partial charge is 0.482 e. The van der Waals surface area contributed by atoms with Crippen molar-refractivity contribution in [2.24, 2.45) is 0 Å². The predicted molar refractivity (Wildman–Crippen MR) is 79.0 cm³/mol. The summed E-state index contributed by atoms with van der Waals surface area (Å²) in [5.74, 6) is -0.702. The Hall–Kier alpha value is -2.90. The first-order chi connectivity index (χ1) is 11.1. The highest BCUT2D eigenvalue weighted by atomic mass is 16.5. The maximum absolute atomic E-state index is 12.6. The van der Waals surface area contributed by atoms with E-state index in [-0.39, 0.29) is 5.91 Å². The number of hydrogen-bond donors (Lipinski definition) is 1. The number of aliphatic carboxylic acids is 1. The summed E-state index contributed by atoms with van der Waals surface area (Å²) in [6, 6.07) is 6.47. The van der Waals surface area contributed by atoms with Crippen LogP contribution in [0.2, 0.25) is 0 Å². The van der Waals surface area contributed by atoms with Gasteiger partial charge in [0.05, 0.1) is 18.4 Å². The van der Waals surface area contributed by atoms with E-state index in [4.69, 9.17) is 9.84 Å². The molecule has 0 unspecified atom stereocenters. The number of hydrogen-bond acceptors (Lipinski definition) is 5. The Kier molecular flexibility index (Phi) is 4.22. The van der Waals surface area contributed by atoms with Crippen molar-refractivity contribution in [3.63, 3.8) is 0 Å². The second kappa shape index (κ2) is 6.47. The average Bonchev–Trinajstić information content (AvgIpc) is 2.89. The molecule has 0 aliphatic carbocycles. The van der Waals surface area contributed by atoms with Crippen molar-refractivity contribution >= 4 is 11.9 Å². The molecule has 0 saturated heterocycles. The lowest BCUT2D eigenvalue weighted by Gasteiger charge is -2.20. The van der Waals surface area contributed by atoms with Crippen molar-refractivity contribution in [3.05, 3.63) is 41.7 Å². The Morgan fingerprint density at radius 3 is 2.74 bits per heavy atom. The van der Waals surface area contributed by atoms with Crippen LogP contribution in [0.3, 0.4) is 0 Å². The van der Waals surface area contributed by atoms with E-state index in [1.165, 1.54) is 0 Å². The second-order valence-corrected chi connectivity index (χ2v) is 5.24. The number of aromatic nitrogens is 3. The smallest absolute Gasteiger partial charge is 0.341 e. The zero-order valence-electron chi connectivity index (χ0n) is 12.4. The van der Waals surface area contributed by atoms with Crippen molar-refractivity contribution in [1.82, 2.24) is 19.9 Å². The first kappa shape index (κ1) is 15.0. The maximum atomic E-state index is 12.6. The molecule has 1 aromatic carbocycles. The molecule has 1 aliphatic heterocycles. The molecule has 1 amide bonds. The molecule has 1 aliphatic rings. The molecule has 23 heavy (non-hydrogen) atoms. The van der Waals surface area contributed by atoms with Crippen LogP contribution >= 0.6 is 0 Å². The van der Waals surface area contributed by atoms with Gasteiger partial charge in [-0.3, -0.25) is 4.79 Å². The number of aryl methyl sites for hydroxylation is 1. The molecular weight excluding hydrogens is 300 g/mol. The molecule has 0 spiro atoms. The van der Waals surface area contributed by atoms with E-state index in [1.807, 2.05) is 4.68 Å². The van der Waals surface area contributed by atoms with Crippen molar-refractivity contribution in [2.45, 2.75) is 19.5 Å². The van der Waals surface area contributed by atoms with Crippen LogP contribution in [0.5, 0.6) is 5.75 Å². The SMILES string of the molecule is O=C(O)COc1ccc(C(=O)N2CCCn3nncc3C2)cc1. The van der Waals surface area contributed by atoms with Crippen LogP contribution in [-0.4, -0.2) is 50.0 Å². The van der Waals surface area contributed by atoms with Crippen molar-refractivity contribution in [3.8, 4) is 5.75 Å². The number of rotatable bonds is 4. The maximum Gasteiger partial charge on any atom is 0.341 e. The van der Waals surface area contributed by atoms with Gasteiger partial charge in [0, 0.05) is 18.7 Å². The van der Waals surface area contributed by atoms with E-state index in [2.05, 4.69) is 10.3 Å². The highest BCUT2D eigenvalue weighted by molar-refractivity contribution is 5.94. The van der Waals surface area contributed by atoms with E-state index in [0.717, 1.165) is 18.7 Å². The summed E-state index contributed by atoms with van der Waals surface area (Å²) in [5, 5.41) is 16.4. The van der Waals surface area contributed by atoms with Crippen LogP contribution in [0, 0.1) is 0 Å². The normalized spacial score (nSPS) is 14.0. The number of nitrogens with zero attached hydrogens (tertiary/aromatic N) is 4. The average molecular weight is 316 g/mol. The molecule has 3 rings (SSSR count). The number of ether oxygens (including phenoxy) is 1. The third kappa shape index (κ3) is 3.47. The lowest BCUT2D eigenvalue weighted by atomic mass is 10.2. The summed E-state index contributed by atoms with van der Waals surface area (Å²) in [6.45, 7) is 1.47. The fourth-order valence-corrected chi connectivity index (χ4v) is 2.47. The lowest BCUT2D eigenvalue weighted by molar-refractivity contribution is -0.139. The van der Waals surface area contributed by atoms with Crippen LogP contribution in [0.1, 0.15) is 22.5 Å². The van der Waals surface area contributed by atoms with Crippen molar-refractivity contribution in [2.75, 3.05) is 13.2 Å². The van der Waals surface area contributed by atoms with E-state index >= 15 is 0 Å². The zero-order valence-corrected chi connectivity index (χ0v) is 12.4. The standard InChI is InChI=1S/C15H16N4O4/c20-14(21)10-23-13-4-2-11(3-5-13)15(22)18-6-1-7-19-12(9-18)8-16-17-19/h2-5,8H,1,6-7,9-10H2,(H,20,21). The minimum absolute atomic E-state index is 0.0792. The second-order valence-electron chi connectivity index (χ2n) is 5.24. The number of carbonyl (C=O) groups excluding carboxylic acids is 1. The molecule has 2 heterocycles. The number of carboxylic acid groups (broad SMARTS) is 1. The Labute approximate surface area is 132 Å². The van der Waals surface area contributed by atoms with Crippen molar-refractivity contribution in [1.29, 1.82) is 0 Å². The molecule has 1 aromatic heterocycles. The van der Waals surface area contributed by atoms with Gasteiger partial charge in [0.25, 0.3) is 5.91 Å². The minimum Gasteiger partial charge on any atom is -0.482 e. The molecule has 120 valence electrons. The fourth-order valence-electron chi connectivity index (χ4n) is 2.47. The first-order valence-corrected chi connectivity index (χ1v) is 7.25. The number of fused-ring (bicyclic) bond motifs is 1. The Morgan fingerprint density at radius 1 is 1.22 bits per heavy atom. The summed E-state index contributed by atoms with van der Waals surface area (Å²) in [5.41, 5.74) is 1.45. The monoisotopic (exact) mass is 316 g/mol. The highest BCUT2D eigenvalue weighted by Crippen LogP contribution is 2.17. The predicted octanol–water partition coefficient (Wildman–Crippen LogP) is 0.788. The van der Waals surface area contributed by atoms with Gasteiger partial charge in [0.2, 0.25) is 0 Å². The molecule has 0 bridgehead atoms. The van der Waals surface area contributed by atoms with E-state index in [0.29, 0.717) is 24.4 Å². The number of carboxylic acids is 1. The minimum atomic E-state index is -1.04. The summed E-state index contributed by atoms with van der Waals surface area (Å²) in [6.07, 6.45) is 2.50. The van der Waals surface area contributed by atoms with Gasteiger partial charge in [-0.2, -0.15) is 0 Å². The van der Waals surface area contributed by atoms with Gasteiger partial charge in [0.1, 0.15) is 5.75 Å². The van der Waals surface area contributed by atoms with Crippen LogP contribution in [-0.2, 0) is 17.9 Å². The van der Waals surface area contributed by atoms with Crippen LogP contribution in [0.15, 0.2) is 30.5 Å². The van der Waals surface area contributed by atoms with Gasteiger partial charge < -0.3 is 14.7 Å². The molecule has 0 saturated carbocycles. The van der Waals surface area contributed by atoms with Crippen LogP contribution in [0.25, 0.3) is 0 Å². The first-order valence-electron chi connectivity index (χ1n) is 7.25. The molecule has 1 N–H and O–H groups in total. The molecule has 0 fully saturated rings. The molecule has 8 nitrogen and oxygen atoms in total. The molecule has 0 radical (unpaired) electrons. The topological polar surface area (TPSA) is 97.6 Å². The summed E-state index contributed by atoms with van der Waals surface area (Å²) >= 11 is 0. The Balaban J connectivity index is 1.69. The zero-order chi connectivity index (χ0) is 16.2. The van der Waals surface area contributed by atoms with Crippen LogP contribution in [0.4, 0.5) is 0 Å². The van der Waals surface area contributed by atoms with Gasteiger partial charge in [-0.05, 0) is 30.7 Å². The van der Waals surface area contributed by atoms with E-state index in [9.17, 15) is 9.59 Å². The fraction of sp³-hybridized carbons (Fsp3) is 0.333. The third-order valence-corrected chi connectivity index (χ3v) is 3.60. The van der Waals surface area contributed by atoms with Crippen LogP contribution < -0.4 is 4.74 Å². The number of benzene rings is 1. The molecule has 2 aromatic rings.